The largest absolute Gasteiger partial charge is 0.573 e. The zero-order valence-corrected chi connectivity index (χ0v) is 21.3. The van der Waals surface area contributed by atoms with Crippen LogP contribution in [-0.4, -0.2) is 6.36 Å². The minimum Gasteiger partial charge on any atom is -0.428 e. The second kappa shape index (κ2) is 11.9. The van der Waals surface area contributed by atoms with Gasteiger partial charge in [0.25, 0.3) is 0 Å². The Labute approximate surface area is 222 Å². The van der Waals surface area contributed by atoms with Crippen LogP contribution in [0.4, 0.5) is 30.7 Å². The van der Waals surface area contributed by atoms with Gasteiger partial charge in [-0.15, -0.1) is 13.2 Å². The highest BCUT2D eigenvalue weighted by molar-refractivity contribution is 5.71. The van der Waals surface area contributed by atoms with Crippen LogP contribution in [0.25, 0.3) is 11.1 Å². The van der Waals surface area contributed by atoms with Crippen LogP contribution >= 0.6 is 0 Å². The highest BCUT2D eigenvalue weighted by Crippen LogP contribution is 2.41. The van der Waals surface area contributed by atoms with E-state index in [-0.39, 0.29) is 11.1 Å². The van der Waals surface area contributed by atoms with Gasteiger partial charge in [-0.3, -0.25) is 0 Å². The summed E-state index contributed by atoms with van der Waals surface area (Å²) in [6, 6.07) is 12.4. The van der Waals surface area contributed by atoms with Gasteiger partial charge in [-0.05, 0) is 79.0 Å². The van der Waals surface area contributed by atoms with E-state index in [9.17, 15) is 22.0 Å². The van der Waals surface area contributed by atoms with Crippen LogP contribution in [0.1, 0.15) is 68.9 Å². The molecule has 39 heavy (non-hydrogen) atoms. The molecule has 3 aromatic rings. The van der Waals surface area contributed by atoms with Crippen molar-refractivity contribution in [2.75, 3.05) is 0 Å². The smallest absolute Gasteiger partial charge is 0.428 e. The maximum atomic E-state index is 15.2. The summed E-state index contributed by atoms with van der Waals surface area (Å²) in [6.07, 6.45) is -1.15. The lowest BCUT2D eigenvalue weighted by atomic mass is 9.77. The molecule has 1 aliphatic carbocycles. The first-order valence-corrected chi connectivity index (χ1v) is 13.0. The number of rotatable bonds is 9. The number of hydrogen-bond acceptors (Lipinski definition) is 2. The summed E-state index contributed by atoms with van der Waals surface area (Å²) in [7, 11) is 0. The summed E-state index contributed by atoms with van der Waals surface area (Å²) in [4.78, 5) is 0. The van der Waals surface area contributed by atoms with Gasteiger partial charge < -0.3 is 9.47 Å². The Morgan fingerprint density at radius 2 is 1.41 bits per heavy atom. The lowest BCUT2D eigenvalue weighted by molar-refractivity contribution is -0.276. The number of para-hydroxylation sites is 1. The summed E-state index contributed by atoms with van der Waals surface area (Å²) in [5, 5.41) is 0. The normalized spacial score (nSPS) is 18.2. The quantitative estimate of drug-likeness (QED) is 0.245. The molecule has 1 saturated carbocycles. The third kappa shape index (κ3) is 7.25. The van der Waals surface area contributed by atoms with Crippen LogP contribution in [0.15, 0.2) is 60.7 Å². The molecule has 0 bridgehead atoms. The lowest BCUT2D eigenvalue weighted by Crippen LogP contribution is -2.22. The maximum Gasteiger partial charge on any atom is 0.573 e. The predicted octanol–water partition coefficient (Wildman–Crippen LogP) is 10.1. The molecule has 0 radical (unpaired) electrons. The lowest BCUT2D eigenvalue weighted by Gasteiger charge is -2.29. The molecule has 0 aliphatic heterocycles. The average Bonchev–Trinajstić information content (AvgIpc) is 2.89. The van der Waals surface area contributed by atoms with Crippen molar-refractivity contribution in [3.63, 3.8) is 0 Å². The molecule has 9 heteroatoms. The van der Waals surface area contributed by atoms with Gasteiger partial charge >= 0.3 is 12.5 Å². The molecule has 0 atom stereocenters. The number of hydrogen-bond donors (Lipinski definition) is 0. The SMILES string of the molecule is CCCC[C@H]1CC[C@H](c2ccc(C(F)(F)Oc3ccccc3-c3cc(F)c(OC(F)(F)F)c(F)c3)cc2)CC1. The van der Waals surface area contributed by atoms with E-state index in [0.29, 0.717) is 18.1 Å². The van der Waals surface area contributed by atoms with Gasteiger partial charge in [0, 0.05) is 5.56 Å². The third-order valence-corrected chi connectivity index (χ3v) is 7.18. The van der Waals surface area contributed by atoms with Crippen LogP contribution in [0, 0.1) is 17.6 Å². The second-order valence-electron chi connectivity index (χ2n) is 9.91. The molecule has 2 nitrogen and oxygen atoms in total. The fourth-order valence-corrected chi connectivity index (χ4v) is 5.15. The Morgan fingerprint density at radius 1 is 0.795 bits per heavy atom. The van der Waals surface area contributed by atoms with Crippen molar-refractivity contribution >= 4 is 0 Å². The topological polar surface area (TPSA) is 18.5 Å². The Kier molecular flexibility index (Phi) is 8.76. The summed E-state index contributed by atoms with van der Waals surface area (Å²) >= 11 is 0. The molecule has 0 saturated heterocycles. The van der Waals surface area contributed by atoms with E-state index in [0.717, 1.165) is 37.2 Å². The van der Waals surface area contributed by atoms with Crippen molar-refractivity contribution in [2.24, 2.45) is 5.92 Å². The van der Waals surface area contributed by atoms with E-state index in [4.69, 9.17) is 4.74 Å². The Balaban J connectivity index is 1.50. The van der Waals surface area contributed by atoms with Gasteiger partial charge in [0.1, 0.15) is 5.75 Å². The Hall–Kier alpha value is -3.23. The van der Waals surface area contributed by atoms with Crippen molar-refractivity contribution in [1.29, 1.82) is 0 Å². The van der Waals surface area contributed by atoms with Crippen molar-refractivity contribution in [2.45, 2.75) is 70.3 Å². The molecule has 0 amide bonds. The van der Waals surface area contributed by atoms with E-state index in [1.165, 1.54) is 55.7 Å². The first-order chi connectivity index (χ1) is 18.5. The van der Waals surface area contributed by atoms with Crippen molar-refractivity contribution in [3.8, 4) is 22.6 Å². The zero-order valence-electron chi connectivity index (χ0n) is 21.3. The van der Waals surface area contributed by atoms with Crippen LogP contribution in [0.2, 0.25) is 0 Å². The van der Waals surface area contributed by atoms with E-state index in [1.807, 2.05) is 0 Å². The number of halogens is 7. The fourth-order valence-electron chi connectivity index (χ4n) is 5.15. The van der Waals surface area contributed by atoms with Gasteiger partial charge in [-0.25, -0.2) is 8.78 Å². The highest BCUT2D eigenvalue weighted by atomic mass is 19.4. The Bertz CT molecular complexity index is 1220. The average molecular weight is 555 g/mol. The van der Waals surface area contributed by atoms with Crippen LogP contribution in [0.3, 0.4) is 0 Å². The van der Waals surface area contributed by atoms with Gasteiger partial charge in [-0.2, -0.15) is 8.78 Å². The fraction of sp³-hybridized carbons (Fsp3) is 0.400. The molecule has 0 N–H and O–H groups in total. The standard InChI is InChI=1S/C30H29F7O2/c1-2-3-6-19-9-11-20(12-10-19)21-13-15-23(16-14-21)29(33,34)38-27-8-5-4-7-24(27)22-17-25(31)28(26(32)18-22)39-30(35,36)37/h4-5,7-8,13-20H,2-3,6,9-12H2,1H3/t19-,20-. The maximum absolute atomic E-state index is 15.2. The number of benzene rings is 3. The van der Waals surface area contributed by atoms with Gasteiger partial charge in [-0.1, -0.05) is 56.5 Å². The molecule has 1 fully saturated rings. The summed E-state index contributed by atoms with van der Waals surface area (Å²) < 4.78 is 105. The minimum absolute atomic E-state index is 0.134. The van der Waals surface area contributed by atoms with E-state index in [2.05, 4.69) is 11.7 Å². The number of alkyl halides is 5. The van der Waals surface area contributed by atoms with E-state index < -0.39 is 41.2 Å². The third-order valence-electron chi connectivity index (χ3n) is 7.18. The first-order valence-electron chi connectivity index (χ1n) is 13.0. The molecule has 3 aromatic carbocycles. The molecule has 210 valence electrons. The van der Waals surface area contributed by atoms with Gasteiger partial charge in [0.15, 0.2) is 11.6 Å². The van der Waals surface area contributed by atoms with Gasteiger partial charge in [0.2, 0.25) is 5.75 Å². The van der Waals surface area contributed by atoms with Crippen molar-refractivity contribution < 1.29 is 40.2 Å². The summed E-state index contributed by atoms with van der Waals surface area (Å²) in [6.45, 7) is 2.18. The molecule has 0 unspecified atom stereocenters. The highest BCUT2D eigenvalue weighted by Gasteiger charge is 2.37. The second-order valence-corrected chi connectivity index (χ2v) is 9.91. The monoisotopic (exact) mass is 554 g/mol. The van der Waals surface area contributed by atoms with Crippen molar-refractivity contribution in [3.05, 3.63) is 83.4 Å². The molecule has 0 spiro atoms. The molecule has 1 aliphatic rings. The number of ether oxygens (including phenoxy) is 2. The van der Waals surface area contributed by atoms with E-state index >= 15 is 8.78 Å². The molecule has 0 aromatic heterocycles. The minimum atomic E-state index is -5.31. The van der Waals surface area contributed by atoms with Crippen molar-refractivity contribution in [1.82, 2.24) is 0 Å². The predicted molar refractivity (Wildman–Crippen MR) is 134 cm³/mol. The molecule has 0 heterocycles. The first kappa shape index (κ1) is 28.8. The molecule has 4 rings (SSSR count). The van der Waals surface area contributed by atoms with Gasteiger partial charge in [0.05, 0.1) is 5.56 Å². The molecular formula is C30H29F7O2. The van der Waals surface area contributed by atoms with Crippen LogP contribution in [-0.2, 0) is 6.11 Å². The Morgan fingerprint density at radius 3 is 2.00 bits per heavy atom. The van der Waals surface area contributed by atoms with E-state index in [1.54, 1.807) is 12.1 Å². The number of unbranched alkanes of at least 4 members (excludes halogenated alkanes) is 1. The van der Waals surface area contributed by atoms with Crippen LogP contribution < -0.4 is 9.47 Å². The van der Waals surface area contributed by atoms with Crippen LogP contribution in [0.5, 0.6) is 11.5 Å². The summed E-state index contributed by atoms with van der Waals surface area (Å²) in [5.41, 5.74) is 0.167. The zero-order chi connectivity index (χ0) is 28.2. The summed E-state index contributed by atoms with van der Waals surface area (Å²) in [5.74, 6) is -4.27. The molecular weight excluding hydrogens is 525 g/mol.